The van der Waals surface area contributed by atoms with Crippen molar-refractivity contribution < 1.29 is 14.6 Å². The van der Waals surface area contributed by atoms with Gasteiger partial charge >= 0.3 is 0 Å². The second kappa shape index (κ2) is 6.73. The predicted octanol–water partition coefficient (Wildman–Crippen LogP) is 1.33. The number of aliphatic hydroxyl groups excluding tert-OH is 1. The molecule has 5 heteroatoms. The van der Waals surface area contributed by atoms with Gasteiger partial charge in [0.1, 0.15) is 5.75 Å². The number of benzene rings is 1. The Balaban J connectivity index is 1.37. The van der Waals surface area contributed by atoms with Gasteiger partial charge in [0.15, 0.2) is 0 Å². The lowest BCUT2D eigenvalue weighted by molar-refractivity contribution is -0.128. The molecule has 130 valence electrons. The molecule has 3 aliphatic rings. The van der Waals surface area contributed by atoms with Crippen LogP contribution < -0.4 is 10.1 Å². The third-order valence-corrected chi connectivity index (χ3v) is 5.71. The van der Waals surface area contributed by atoms with Gasteiger partial charge < -0.3 is 15.2 Å². The van der Waals surface area contributed by atoms with Crippen molar-refractivity contribution in [1.29, 1.82) is 0 Å². The second-order valence-corrected chi connectivity index (χ2v) is 7.42. The maximum Gasteiger partial charge on any atom is 0.223 e. The van der Waals surface area contributed by atoms with Crippen LogP contribution in [0.1, 0.15) is 30.4 Å². The van der Waals surface area contributed by atoms with Crippen molar-refractivity contribution in [3.8, 4) is 5.75 Å². The zero-order chi connectivity index (χ0) is 16.5. The highest BCUT2D eigenvalue weighted by atomic mass is 16.5. The monoisotopic (exact) mass is 330 g/mol. The summed E-state index contributed by atoms with van der Waals surface area (Å²) in [5.41, 5.74) is 2.57. The Labute approximate surface area is 143 Å². The summed E-state index contributed by atoms with van der Waals surface area (Å²) in [7, 11) is 0. The van der Waals surface area contributed by atoms with Crippen molar-refractivity contribution in [3.63, 3.8) is 0 Å². The van der Waals surface area contributed by atoms with Gasteiger partial charge in [0.2, 0.25) is 5.91 Å². The number of rotatable bonds is 5. The molecule has 2 fully saturated rings. The molecule has 1 aliphatic carbocycles. The van der Waals surface area contributed by atoms with Crippen LogP contribution >= 0.6 is 0 Å². The van der Waals surface area contributed by atoms with E-state index in [0.717, 1.165) is 51.3 Å². The first-order chi connectivity index (χ1) is 11.7. The number of hydrogen-bond acceptors (Lipinski definition) is 4. The van der Waals surface area contributed by atoms with Crippen LogP contribution in [-0.2, 0) is 17.8 Å². The first-order valence-corrected chi connectivity index (χ1v) is 9.11. The number of ether oxygens (including phenoxy) is 1. The summed E-state index contributed by atoms with van der Waals surface area (Å²) in [6.45, 7) is 3.42. The van der Waals surface area contributed by atoms with E-state index in [1.54, 1.807) is 0 Å². The molecule has 2 N–H and O–H groups in total. The Hall–Kier alpha value is -1.59. The largest absolute Gasteiger partial charge is 0.493 e. The molecule has 24 heavy (non-hydrogen) atoms. The van der Waals surface area contributed by atoms with E-state index in [0.29, 0.717) is 0 Å². The molecule has 0 unspecified atom stereocenters. The fourth-order valence-corrected chi connectivity index (χ4v) is 4.01. The number of carbonyl (C=O) groups is 1. The molecular formula is C19H26N2O3. The van der Waals surface area contributed by atoms with Gasteiger partial charge in [-0.25, -0.2) is 0 Å². The Morgan fingerprint density at radius 1 is 1.33 bits per heavy atom. The predicted molar refractivity (Wildman–Crippen MR) is 90.8 cm³/mol. The Morgan fingerprint density at radius 2 is 2.21 bits per heavy atom. The van der Waals surface area contributed by atoms with Crippen molar-refractivity contribution in [2.45, 2.75) is 38.3 Å². The Kier molecular flexibility index (Phi) is 4.46. The highest BCUT2D eigenvalue weighted by molar-refractivity contribution is 5.79. The van der Waals surface area contributed by atoms with E-state index in [1.165, 1.54) is 17.5 Å². The standard InChI is InChI=1S/C19H26N2O3/c22-12-16-10-21(11-17(16)20-19(23)14-2-1-3-14)9-13-4-5-18-15(8-13)6-7-24-18/h4-5,8,14,16-17,22H,1-3,6-7,9-12H2,(H,20,23)/t16-,17+/m0/s1. The smallest absolute Gasteiger partial charge is 0.223 e. The first-order valence-electron chi connectivity index (χ1n) is 9.11. The third-order valence-electron chi connectivity index (χ3n) is 5.71. The maximum absolute atomic E-state index is 12.2. The van der Waals surface area contributed by atoms with Crippen LogP contribution in [0.15, 0.2) is 18.2 Å². The molecule has 1 aromatic rings. The van der Waals surface area contributed by atoms with Gasteiger partial charge in [-0.1, -0.05) is 18.6 Å². The van der Waals surface area contributed by atoms with Crippen LogP contribution in [0.5, 0.6) is 5.75 Å². The molecule has 0 spiro atoms. The number of amides is 1. The summed E-state index contributed by atoms with van der Waals surface area (Å²) >= 11 is 0. The molecule has 5 nitrogen and oxygen atoms in total. The highest BCUT2D eigenvalue weighted by Crippen LogP contribution is 2.29. The fraction of sp³-hybridized carbons (Fsp3) is 0.632. The highest BCUT2D eigenvalue weighted by Gasteiger charge is 2.35. The molecule has 0 radical (unpaired) electrons. The summed E-state index contributed by atoms with van der Waals surface area (Å²) in [5, 5.41) is 12.9. The topological polar surface area (TPSA) is 61.8 Å². The second-order valence-electron chi connectivity index (χ2n) is 7.42. The Bertz CT molecular complexity index is 615. The van der Waals surface area contributed by atoms with E-state index in [9.17, 15) is 9.90 Å². The lowest BCUT2D eigenvalue weighted by Gasteiger charge is -2.27. The van der Waals surface area contributed by atoms with E-state index >= 15 is 0 Å². The molecule has 1 saturated carbocycles. The summed E-state index contributed by atoms with van der Waals surface area (Å²) in [6, 6.07) is 6.49. The molecule has 2 aliphatic heterocycles. The summed E-state index contributed by atoms with van der Waals surface area (Å²) in [6.07, 6.45) is 4.19. The number of fused-ring (bicyclic) bond motifs is 1. The SMILES string of the molecule is O=C(N[C@@H]1CN(Cc2ccc3c(c2)CCO3)C[C@H]1CO)C1CCC1. The van der Waals surface area contributed by atoms with Gasteiger partial charge in [-0.05, 0) is 30.0 Å². The van der Waals surface area contributed by atoms with Crippen molar-refractivity contribution >= 4 is 5.91 Å². The van der Waals surface area contributed by atoms with Crippen LogP contribution in [0.4, 0.5) is 0 Å². The zero-order valence-corrected chi connectivity index (χ0v) is 14.0. The molecule has 1 amide bonds. The van der Waals surface area contributed by atoms with Crippen LogP contribution in [0.25, 0.3) is 0 Å². The van der Waals surface area contributed by atoms with Gasteiger partial charge in [0, 0.05) is 50.5 Å². The number of hydrogen-bond donors (Lipinski definition) is 2. The van der Waals surface area contributed by atoms with E-state index in [4.69, 9.17) is 4.74 Å². The number of likely N-dealkylation sites (tertiary alicyclic amines) is 1. The molecule has 0 aromatic heterocycles. The average Bonchev–Trinajstić information content (AvgIpc) is 3.11. The minimum Gasteiger partial charge on any atom is -0.493 e. The third kappa shape index (κ3) is 3.15. The molecule has 2 atom stereocenters. The maximum atomic E-state index is 12.2. The van der Waals surface area contributed by atoms with E-state index < -0.39 is 0 Å². The quantitative estimate of drug-likeness (QED) is 0.855. The van der Waals surface area contributed by atoms with E-state index in [2.05, 4.69) is 28.4 Å². The van der Waals surface area contributed by atoms with Crippen LogP contribution in [0.2, 0.25) is 0 Å². The van der Waals surface area contributed by atoms with Crippen molar-refractivity contribution in [1.82, 2.24) is 10.2 Å². The van der Waals surface area contributed by atoms with Gasteiger partial charge in [-0.3, -0.25) is 9.69 Å². The van der Waals surface area contributed by atoms with Gasteiger partial charge in [-0.2, -0.15) is 0 Å². The van der Waals surface area contributed by atoms with Crippen molar-refractivity contribution in [2.75, 3.05) is 26.3 Å². The summed E-state index contributed by atoms with van der Waals surface area (Å²) < 4.78 is 5.56. The summed E-state index contributed by atoms with van der Waals surface area (Å²) in [5.74, 6) is 1.53. The first kappa shape index (κ1) is 15.9. The number of nitrogens with zero attached hydrogens (tertiary/aromatic N) is 1. The summed E-state index contributed by atoms with van der Waals surface area (Å²) in [4.78, 5) is 14.5. The number of nitrogens with one attached hydrogen (secondary N) is 1. The minimum atomic E-state index is 0.0702. The van der Waals surface area contributed by atoms with Crippen molar-refractivity contribution in [3.05, 3.63) is 29.3 Å². The van der Waals surface area contributed by atoms with E-state index in [-0.39, 0.29) is 30.4 Å². The molecule has 4 rings (SSSR count). The van der Waals surface area contributed by atoms with Gasteiger partial charge in [-0.15, -0.1) is 0 Å². The molecule has 0 bridgehead atoms. The zero-order valence-electron chi connectivity index (χ0n) is 14.0. The molecule has 1 aromatic carbocycles. The fourth-order valence-electron chi connectivity index (χ4n) is 4.01. The molecular weight excluding hydrogens is 304 g/mol. The number of carbonyl (C=O) groups excluding carboxylic acids is 1. The van der Waals surface area contributed by atoms with E-state index in [1.807, 2.05) is 0 Å². The lowest BCUT2D eigenvalue weighted by Crippen LogP contribution is -2.45. The number of aliphatic hydroxyl groups is 1. The van der Waals surface area contributed by atoms with Crippen LogP contribution in [0, 0.1) is 11.8 Å². The van der Waals surface area contributed by atoms with Gasteiger partial charge in [0.05, 0.1) is 6.61 Å². The lowest BCUT2D eigenvalue weighted by atomic mass is 9.84. The molecule has 1 saturated heterocycles. The van der Waals surface area contributed by atoms with Crippen molar-refractivity contribution in [2.24, 2.45) is 11.8 Å². The van der Waals surface area contributed by atoms with Crippen LogP contribution in [-0.4, -0.2) is 48.3 Å². The van der Waals surface area contributed by atoms with Crippen LogP contribution in [0.3, 0.4) is 0 Å². The average molecular weight is 330 g/mol. The molecule has 2 heterocycles. The Morgan fingerprint density at radius 3 is 2.96 bits per heavy atom. The normalized spacial score (nSPS) is 26.7. The van der Waals surface area contributed by atoms with Gasteiger partial charge in [0.25, 0.3) is 0 Å². The minimum absolute atomic E-state index is 0.0702.